The second-order valence-electron chi connectivity index (χ2n) is 3.60. The SMILES string of the molecule is COc1ccc(CCC(=O)C(F)(F)F)c(OC)c1. The minimum absolute atomic E-state index is 0.0223. The Kier molecular flexibility index (Phi) is 4.58. The monoisotopic (exact) mass is 262 g/mol. The van der Waals surface area contributed by atoms with Crippen molar-refractivity contribution >= 4 is 5.78 Å². The van der Waals surface area contributed by atoms with Gasteiger partial charge in [-0.3, -0.25) is 4.79 Å². The van der Waals surface area contributed by atoms with Crippen LogP contribution in [0.1, 0.15) is 12.0 Å². The maximum Gasteiger partial charge on any atom is 0.449 e. The lowest BCUT2D eigenvalue weighted by atomic mass is 10.1. The van der Waals surface area contributed by atoms with Gasteiger partial charge in [0.15, 0.2) is 0 Å². The van der Waals surface area contributed by atoms with E-state index in [0.29, 0.717) is 17.1 Å². The molecule has 0 heterocycles. The van der Waals surface area contributed by atoms with Crippen LogP contribution in [0.2, 0.25) is 0 Å². The molecule has 0 aliphatic carbocycles. The van der Waals surface area contributed by atoms with Crippen LogP contribution in [0.25, 0.3) is 0 Å². The van der Waals surface area contributed by atoms with Gasteiger partial charge in [-0.25, -0.2) is 0 Å². The molecule has 0 bridgehead atoms. The van der Waals surface area contributed by atoms with Crippen molar-refractivity contribution in [3.05, 3.63) is 23.8 Å². The number of hydrogen-bond donors (Lipinski definition) is 0. The Balaban J connectivity index is 2.76. The van der Waals surface area contributed by atoms with Crippen molar-refractivity contribution in [2.24, 2.45) is 0 Å². The van der Waals surface area contributed by atoms with Gasteiger partial charge in [0.05, 0.1) is 14.2 Å². The van der Waals surface area contributed by atoms with Crippen molar-refractivity contribution in [3.63, 3.8) is 0 Å². The molecular formula is C12H13F3O3. The highest BCUT2D eigenvalue weighted by atomic mass is 19.4. The van der Waals surface area contributed by atoms with E-state index in [9.17, 15) is 18.0 Å². The van der Waals surface area contributed by atoms with Gasteiger partial charge in [0, 0.05) is 12.5 Å². The highest BCUT2D eigenvalue weighted by Crippen LogP contribution is 2.27. The number of ether oxygens (including phenoxy) is 2. The van der Waals surface area contributed by atoms with Gasteiger partial charge in [0.1, 0.15) is 11.5 Å². The molecule has 0 aromatic heterocycles. The summed E-state index contributed by atoms with van der Waals surface area (Å²) < 4.78 is 46.2. The van der Waals surface area contributed by atoms with Crippen molar-refractivity contribution in [3.8, 4) is 11.5 Å². The number of hydrogen-bond acceptors (Lipinski definition) is 3. The maximum atomic E-state index is 12.1. The number of methoxy groups -OCH3 is 2. The maximum absolute atomic E-state index is 12.1. The van der Waals surface area contributed by atoms with Crippen molar-refractivity contribution in [2.75, 3.05) is 14.2 Å². The summed E-state index contributed by atoms with van der Waals surface area (Å²) in [6.45, 7) is 0. The van der Waals surface area contributed by atoms with E-state index >= 15 is 0 Å². The van der Waals surface area contributed by atoms with Crippen molar-refractivity contribution in [2.45, 2.75) is 19.0 Å². The molecule has 1 rings (SSSR count). The summed E-state index contributed by atoms with van der Waals surface area (Å²) in [5.41, 5.74) is 0.538. The van der Waals surface area contributed by atoms with Crippen LogP contribution in [0.3, 0.4) is 0 Å². The molecule has 0 aliphatic rings. The van der Waals surface area contributed by atoms with Gasteiger partial charge in [0.2, 0.25) is 5.78 Å². The van der Waals surface area contributed by atoms with E-state index in [4.69, 9.17) is 9.47 Å². The quantitative estimate of drug-likeness (QED) is 0.818. The molecule has 0 atom stereocenters. The summed E-state index contributed by atoms with van der Waals surface area (Å²) in [7, 11) is 2.88. The van der Waals surface area contributed by atoms with Crippen LogP contribution in [0.5, 0.6) is 11.5 Å². The standard InChI is InChI=1S/C12H13F3O3/c1-17-9-5-3-8(10(7-9)18-2)4-6-11(16)12(13,14)15/h3,5,7H,4,6H2,1-2H3. The third-order valence-electron chi connectivity index (χ3n) is 2.43. The van der Waals surface area contributed by atoms with E-state index < -0.39 is 18.4 Å². The predicted octanol–water partition coefficient (Wildman–Crippen LogP) is 2.77. The van der Waals surface area contributed by atoms with Crippen LogP contribution in [0.15, 0.2) is 18.2 Å². The van der Waals surface area contributed by atoms with Crippen molar-refractivity contribution in [1.29, 1.82) is 0 Å². The topological polar surface area (TPSA) is 35.5 Å². The number of halogens is 3. The fourth-order valence-corrected chi connectivity index (χ4v) is 1.45. The zero-order chi connectivity index (χ0) is 13.8. The molecule has 0 radical (unpaired) electrons. The molecule has 100 valence electrons. The Hall–Kier alpha value is -1.72. The number of benzene rings is 1. The molecule has 0 N–H and O–H groups in total. The molecule has 3 nitrogen and oxygen atoms in total. The van der Waals surface area contributed by atoms with Crippen LogP contribution in [-0.4, -0.2) is 26.2 Å². The first-order chi connectivity index (χ1) is 8.38. The smallest absolute Gasteiger partial charge is 0.449 e. The summed E-state index contributed by atoms with van der Waals surface area (Å²) in [4.78, 5) is 10.8. The van der Waals surface area contributed by atoms with Gasteiger partial charge in [-0.1, -0.05) is 6.07 Å². The highest BCUT2D eigenvalue weighted by Gasteiger charge is 2.37. The molecule has 0 unspecified atom stereocenters. The second-order valence-corrected chi connectivity index (χ2v) is 3.60. The van der Waals surface area contributed by atoms with Gasteiger partial charge >= 0.3 is 6.18 Å². The van der Waals surface area contributed by atoms with Crippen LogP contribution in [0, 0.1) is 0 Å². The first kappa shape index (κ1) is 14.3. The first-order valence-electron chi connectivity index (χ1n) is 5.19. The molecule has 0 amide bonds. The summed E-state index contributed by atoms with van der Waals surface area (Å²) >= 11 is 0. The molecule has 1 aromatic carbocycles. The minimum Gasteiger partial charge on any atom is -0.497 e. The number of carbonyl (C=O) groups excluding carboxylic acids is 1. The lowest BCUT2D eigenvalue weighted by molar-refractivity contribution is -0.171. The Morgan fingerprint density at radius 2 is 1.89 bits per heavy atom. The molecule has 1 aromatic rings. The number of carbonyl (C=O) groups is 1. The predicted molar refractivity (Wildman–Crippen MR) is 58.9 cm³/mol. The van der Waals surface area contributed by atoms with Gasteiger partial charge < -0.3 is 9.47 Å². The van der Waals surface area contributed by atoms with Crippen LogP contribution >= 0.6 is 0 Å². The van der Waals surface area contributed by atoms with Gasteiger partial charge in [-0.15, -0.1) is 0 Å². The first-order valence-corrected chi connectivity index (χ1v) is 5.19. The fraction of sp³-hybridized carbons (Fsp3) is 0.417. The van der Waals surface area contributed by atoms with Gasteiger partial charge in [-0.05, 0) is 18.1 Å². The van der Waals surface area contributed by atoms with Crippen molar-refractivity contribution in [1.82, 2.24) is 0 Å². The van der Waals surface area contributed by atoms with Crippen LogP contribution < -0.4 is 9.47 Å². The molecule has 18 heavy (non-hydrogen) atoms. The third-order valence-corrected chi connectivity index (χ3v) is 2.43. The molecule has 0 saturated carbocycles. The highest BCUT2D eigenvalue weighted by molar-refractivity contribution is 5.84. The average Bonchev–Trinajstić information content (AvgIpc) is 2.34. The Labute approximate surface area is 103 Å². The summed E-state index contributed by atoms with van der Waals surface area (Å²) in [5.74, 6) is -0.789. The number of ketones is 1. The Morgan fingerprint density at radius 3 is 2.39 bits per heavy atom. The van der Waals surface area contributed by atoms with E-state index in [1.165, 1.54) is 14.2 Å². The lowest BCUT2D eigenvalue weighted by Gasteiger charge is -2.10. The number of aryl methyl sites for hydroxylation is 1. The Morgan fingerprint density at radius 1 is 1.22 bits per heavy atom. The lowest BCUT2D eigenvalue weighted by Crippen LogP contribution is -2.22. The molecule has 0 fully saturated rings. The van der Waals surface area contributed by atoms with Crippen molar-refractivity contribution < 1.29 is 27.4 Å². The van der Waals surface area contributed by atoms with Gasteiger partial charge in [0.25, 0.3) is 0 Å². The molecule has 0 spiro atoms. The largest absolute Gasteiger partial charge is 0.497 e. The van der Waals surface area contributed by atoms with Crippen LogP contribution in [-0.2, 0) is 11.2 Å². The fourth-order valence-electron chi connectivity index (χ4n) is 1.45. The summed E-state index contributed by atoms with van der Waals surface area (Å²) in [6, 6.07) is 4.75. The zero-order valence-electron chi connectivity index (χ0n) is 10.0. The van der Waals surface area contributed by atoms with E-state index in [1.54, 1.807) is 18.2 Å². The summed E-state index contributed by atoms with van der Waals surface area (Å²) in [5, 5.41) is 0. The zero-order valence-corrected chi connectivity index (χ0v) is 10.0. The molecule has 6 heteroatoms. The molecule has 0 aliphatic heterocycles. The second kappa shape index (κ2) is 5.75. The normalized spacial score (nSPS) is 11.2. The molecule has 0 saturated heterocycles. The Bertz CT molecular complexity index is 427. The van der Waals surface area contributed by atoms with E-state index in [1.807, 2.05) is 0 Å². The van der Waals surface area contributed by atoms with Gasteiger partial charge in [-0.2, -0.15) is 13.2 Å². The molecular weight excluding hydrogens is 249 g/mol. The summed E-state index contributed by atoms with van der Waals surface area (Å²) in [6.07, 6.45) is -5.39. The number of rotatable bonds is 5. The van der Waals surface area contributed by atoms with E-state index in [-0.39, 0.29) is 6.42 Å². The van der Waals surface area contributed by atoms with Crippen LogP contribution in [0.4, 0.5) is 13.2 Å². The number of Topliss-reactive ketones (excluding diaryl/α,β-unsaturated/α-hetero) is 1. The minimum atomic E-state index is -4.78. The third kappa shape index (κ3) is 3.65. The van der Waals surface area contributed by atoms with E-state index in [2.05, 4.69) is 0 Å². The van der Waals surface area contributed by atoms with E-state index in [0.717, 1.165) is 0 Å². The number of alkyl halides is 3. The average molecular weight is 262 g/mol.